The maximum atomic E-state index is 15.0. The molecule has 0 amide bonds. The van der Waals surface area contributed by atoms with E-state index in [-0.39, 0.29) is 47.9 Å². The Labute approximate surface area is 213 Å². The van der Waals surface area contributed by atoms with E-state index in [4.69, 9.17) is 9.47 Å². The Balaban J connectivity index is 1.43. The van der Waals surface area contributed by atoms with E-state index < -0.39 is 23.3 Å². The van der Waals surface area contributed by atoms with Gasteiger partial charge in [-0.1, -0.05) is 30.4 Å². The topological polar surface area (TPSA) is 18.5 Å². The van der Waals surface area contributed by atoms with Crippen LogP contribution in [0.3, 0.4) is 0 Å². The zero-order valence-electron chi connectivity index (χ0n) is 20.8. The molecular weight excluding hydrogens is 487 g/mol. The zero-order chi connectivity index (χ0) is 26.5. The second-order valence-electron chi connectivity index (χ2n) is 9.09. The van der Waals surface area contributed by atoms with Crippen molar-refractivity contribution in [1.29, 1.82) is 0 Å². The van der Waals surface area contributed by atoms with Gasteiger partial charge < -0.3 is 9.47 Å². The van der Waals surface area contributed by atoms with Gasteiger partial charge in [0, 0.05) is 5.56 Å². The molecule has 0 bridgehead atoms. The normalized spacial score (nSPS) is 17.8. The van der Waals surface area contributed by atoms with Crippen molar-refractivity contribution in [2.75, 3.05) is 13.2 Å². The lowest BCUT2D eigenvalue weighted by molar-refractivity contribution is 0.310. The summed E-state index contributed by atoms with van der Waals surface area (Å²) in [6.07, 6.45) is 5.41. The fraction of sp³-hybridized carbons (Fsp3) is 0.333. The average molecular weight is 517 g/mol. The Morgan fingerprint density at radius 1 is 0.649 bits per heavy atom. The Morgan fingerprint density at radius 2 is 1.19 bits per heavy atom. The molecule has 0 N–H and O–H groups in total. The van der Waals surface area contributed by atoms with Gasteiger partial charge in [0.2, 0.25) is 11.6 Å². The molecule has 0 radical (unpaired) electrons. The molecule has 3 aromatic carbocycles. The number of hydrogen-bond donors (Lipinski definition) is 0. The summed E-state index contributed by atoms with van der Waals surface area (Å²) in [6, 6.07) is 10.6. The highest BCUT2D eigenvalue weighted by molar-refractivity contribution is 5.70. The molecule has 1 aliphatic carbocycles. The molecule has 1 fully saturated rings. The number of rotatable bonds is 8. The lowest BCUT2D eigenvalue weighted by Gasteiger charge is -2.29. The first-order valence-corrected chi connectivity index (χ1v) is 12.5. The summed E-state index contributed by atoms with van der Waals surface area (Å²) in [5.74, 6) is -4.75. The molecule has 2 nitrogen and oxygen atoms in total. The van der Waals surface area contributed by atoms with Crippen LogP contribution >= 0.6 is 0 Å². The predicted octanol–water partition coefficient (Wildman–Crippen LogP) is 8.79. The zero-order valence-corrected chi connectivity index (χ0v) is 20.8. The van der Waals surface area contributed by atoms with Crippen LogP contribution in [-0.4, -0.2) is 13.2 Å². The molecule has 37 heavy (non-hydrogen) atoms. The number of ether oxygens (including phenoxy) is 2. The van der Waals surface area contributed by atoms with Gasteiger partial charge in [0.25, 0.3) is 0 Å². The van der Waals surface area contributed by atoms with Gasteiger partial charge in [-0.25, -0.2) is 13.2 Å². The highest BCUT2D eigenvalue weighted by Crippen LogP contribution is 2.43. The van der Waals surface area contributed by atoms with Crippen LogP contribution in [0.4, 0.5) is 22.0 Å². The Bertz CT molecular complexity index is 1280. The summed E-state index contributed by atoms with van der Waals surface area (Å²) >= 11 is 0. The van der Waals surface area contributed by atoms with Crippen molar-refractivity contribution < 1.29 is 31.4 Å². The Hall–Kier alpha value is -3.35. The summed E-state index contributed by atoms with van der Waals surface area (Å²) in [4.78, 5) is 0. The predicted molar refractivity (Wildman–Crippen MR) is 134 cm³/mol. The fourth-order valence-electron chi connectivity index (χ4n) is 4.95. The summed E-state index contributed by atoms with van der Waals surface area (Å²) in [5, 5.41) is 0. The molecule has 0 aromatic heterocycles. The van der Waals surface area contributed by atoms with Crippen LogP contribution < -0.4 is 9.47 Å². The minimum absolute atomic E-state index is 0.0294. The third-order valence-corrected chi connectivity index (χ3v) is 6.84. The van der Waals surface area contributed by atoms with Crippen LogP contribution in [0, 0.1) is 29.1 Å². The standard InChI is InChI=1S/C30H29F5O2/c1-3-36-25-15-12-21(27(32)29(25)34)7-5-18-6-13-22(24(31)17-18)19-8-10-20(11-9-19)23-14-16-26(37-4-2)30(35)28(23)33/h5-7,12-17,19-20H,3-4,8-11H2,1-2H3/b7-5+. The molecule has 1 aliphatic rings. The Morgan fingerprint density at radius 3 is 1.78 bits per heavy atom. The average Bonchev–Trinajstić information content (AvgIpc) is 2.90. The maximum absolute atomic E-state index is 15.0. The number of benzene rings is 3. The number of halogens is 5. The third-order valence-electron chi connectivity index (χ3n) is 6.84. The molecule has 0 spiro atoms. The quantitative estimate of drug-likeness (QED) is 0.220. The van der Waals surface area contributed by atoms with Crippen LogP contribution in [-0.2, 0) is 0 Å². The van der Waals surface area contributed by atoms with E-state index >= 15 is 0 Å². The van der Waals surface area contributed by atoms with Crippen molar-refractivity contribution in [2.45, 2.75) is 51.4 Å². The lowest BCUT2D eigenvalue weighted by atomic mass is 9.76. The van der Waals surface area contributed by atoms with Gasteiger partial charge in [0.1, 0.15) is 5.82 Å². The van der Waals surface area contributed by atoms with Gasteiger partial charge in [-0.3, -0.25) is 0 Å². The molecule has 196 valence electrons. The van der Waals surface area contributed by atoms with Crippen LogP contribution in [0.1, 0.15) is 73.6 Å². The van der Waals surface area contributed by atoms with Crippen molar-refractivity contribution in [3.8, 4) is 11.5 Å². The van der Waals surface area contributed by atoms with Gasteiger partial charge in [-0.15, -0.1) is 0 Å². The monoisotopic (exact) mass is 516 g/mol. The van der Waals surface area contributed by atoms with Crippen LogP contribution in [0.2, 0.25) is 0 Å². The minimum Gasteiger partial charge on any atom is -0.491 e. The highest BCUT2D eigenvalue weighted by atomic mass is 19.2. The van der Waals surface area contributed by atoms with Crippen molar-refractivity contribution in [3.63, 3.8) is 0 Å². The fourth-order valence-corrected chi connectivity index (χ4v) is 4.95. The third kappa shape index (κ3) is 5.81. The number of hydrogen-bond acceptors (Lipinski definition) is 2. The van der Waals surface area contributed by atoms with Crippen LogP contribution in [0.15, 0.2) is 42.5 Å². The van der Waals surface area contributed by atoms with Gasteiger partial charge in [-0.05, 0) is 92.3 Å². The molecule has 0 aliphatic heterocycles. The van der Waals surface area contributed by atoms with E-state index in [1.54, 1.807) is 32.0 Å². The summed E-state index contributed by atoms with van der Waals surface area (Å²) in [7, 11) is 0. The van der Waals surface area contributed by atoms with Gasteiger partial charge in [0.15, 0.2) is 23.1 Å². The molecule has 7 heteroatoms. The summed E-state index contributed by atoms with van der Waals surface area (Å²) < 4.78 is 82.5. The molecule has 0 atom stereocenters. The first kappa shape index (κ1) is 26.7. The van der Waals surface area contributed by atoms with Crippen LogP contribution in [0.5, 0.6) is 11.5 Å². The minimum atomic E-state index is -1.06. The second-order valence-corrected chi connectivity index (χ2v) is 9.09. The van der Waals surface area contributed by atoms with E-state index in [2.05, 4.69) is 0 Å². The first-order valence-electron chi connectivity index (χ1n) is 12.5. The van der Waals surface area contributed by atoms with Gasteiger partial charge in [0.05, 0.1) is 13.2 Å². The molecule has 3 aromatic rings. The molecule has 0 saturated heterocycles. The van der Waals surface area contributed by atoms with E-state index in [1.165, 1.54) is 36.4 Å². The summed E-state index contributed by atoms with van der Waals surface area (Å²) in [6.45, 7) is 3.85. The van der Waals surface area contributed by atoms with E-state index in [0.29, 0.717) is 42.4 Å². The first-order chi connectivity index (χ1) is 17.8. The van der Waals surface area contributed by atoms with Gasteiger partial charge in [-0.2, -0.15) is 8.78 Å². The molecule has 0 heterocycles. The Kier molecular flexibility index (Phi) is 8.52. The lowest BCUT2D eigenvalue weighted by Crippen LogP contribution is -2.15. The van der Waals surface area contributed by atoms with Crippen molar-refractivity contribution in [3.05, 3.63) is 93.8 Å². The van der Waals surface area contributed by atoms with Crippen molar-refractivity contribution >= 4 is 12.2 Å². The van der Waals surface area contributed by atoms with Crippen molar-refractivity contribution in [2.24, 2.45) is 0 Å². The van der Waals surface area contributed by atoms with E-state index in [0.717, 1.165) is 0 Å². The molecule has 0 unspecified atom stereocenters. The van der Waals surface area contributed by atoms with Crippen LogP contribution in [0.25, 0.3) is 12.2 Å². The van der Waals surface area contributed by atoms with Crippen molar-refractivity contribution in [1.82, 2.24) is 0 Å². The second kappa shape index (κ2) is 11.8. The smallest absolute Gasteiger partial charge is 0.201 e. The molecular formula is C30H29F5O2. The highest BCUT2D eigenvalue weighted by Gasteiger charge is 2.28. The van der Waals surface area contributed by atoms with E-state index in [9.17, 15) is 22.0 Å². The van der Waals surface area contributed by atoms with Gasteiger partial charge >= 0.3 is 0 Å². The maximum Gasteiger partial charge on any atom is 0.201 e. The largest absolute Gasteiger partial charge is 0.491 e. The summed E-state index contributed by atoms with van der Waals surface area (Å²) in [5.41, 5.74) is 1.43. The SMILES string of the molecule is CCOc1ccc(/C=C/c2ccc(C3CCC(c4ccc(OCC)c(F)c4F)CC3)c(F)c2)c(F)c1F. The molecule has 4 rings (SSSR count). The van der Waals surface area contributed by atoms with E-state index in [1.807, 2.05) is 0 Å². The molecule has 1 saturated carbocycles.